The molecular weight excluding hydrogens is 258 g/mol. The SMILES string of the molecule is CCCCc1ccc(C(C)Nc2cn(C)nc2CC)cc1. The summed E-state index contributed by atoms with van der Waals surface area (Å²) in [5.41, 5.74) is 5.02. The van der Waals surface area contributed by atoms with Crippen LogP contribution in [0.25, 0.3) is 0 Å². The summed E-state index contributed by atoms with van der Waals surface area (Å²) in [6.45, 7) is 6.58. The molecule has 1 N–H and O–H groups in total. The summed E-state index contributed by atoms with van der Waals surface area (Å²) < 4.78 is 1.88. The molecule has 2 rings (SSSR count). The van der Waals surface area contributed by atoms with E-state index >= 15 is 0 Å². The third-order valence-corrected chi connectivity index (χ3v) is 3.91. The molecule has 0 fully saturated rings. The fourth-order valence-corrected chi connectivity index (χ4v) is 2.59. The van der Waals surface area contributed by atoms with Crippen molar-refractivity contribution in [2.75, 3.05) is 5.32 Å². The maximum atomic E-state index is 4.48. The Hall–Kier alpha value is -1.77. The number of anilines is 1. The number of benzene rings is 1. The van der Waals surface area contributed by atoms with Gasteiger partial charge in [-0.15, -0.1) is 0 Å². The molecule has 114 valence electrons. The van der Waals surface area contributed by atoms with Crippen molar-refractivity contribution < 1.29 is 0 Å². The summed E-state index contributed by atoms with van der Waals surface area (Å²) in [7, 11) is 1.97. The van der Waals surface area contributed by atoms with Crippen LogP contribution in [0.3, 0.4) is 0 Å². The Kier molecular flexibility index (Phi) is 5.43. The van der Waals surface area contributed by atoms with E-state index in [1.165, 1.54) is 30.4 Å². The Bertz CT molecular complexity index is 554. The first-order valence-corrected chi connectivity index (χ1v) is 8.02. The zero-order valence-electron chi connectivity index (χ0n) is 13.7. The number of aromatic nitrogens is 2. The molecule has 0 saturated heterocycles. The molecule has 0 aliphatic rings. The van der Waals surface area contributed by atoms with Crippen molar-refractivity contribution in [3.8, 4) is 0 Å². The minimum Gasteiger partial charge on any atom is -0.376 e. The molecule has 0 spiro atoms. The Morgan fingerprint density at radius 3 is 2.52 bits per heavy atom. The van der Waals surface area contributed by atoms with Gasteiger partial charge in [0.2, 0.25) is 0 Å². The third-order valence-electron chi connectivity index (χ3n) is 3.91. The lowest BCUT2D eigenvalue weighted by Gasteiger charge is -2.15. The Balaban J connectivity index is 2.04. The Morgan fingerprint density at radius 2 is 1.90 bits per heavy atom. The largest absolute Gasteiger partial charge is 0.376 e. The average Bonchev–Trinajstić information content (AvgIpc) is 2.85. The van der Waals surface area contributed by atoms with Crippen molar-refractivity contribution >= 4 is 5.69 Å². The van der Waals surface area contributed by atoms with Gasteiger partial charge in [0.05, 0.1) is 11.4 Å². The van der Waals surface area contributed by atoms with E-state index in [0.717, 1.165) is 17.8 Å². The molecule has 0 aliphatic heterocycles. The predicted molar refractivity (Wildman–Crippen MR) is 89.7 cm³/mol. The molecule has 1 atom stereocenters. The highest BCUT2D eigenvalue weighted by molar-refractivity contribution is 5.48. The van der Waals surface area contributed by atoms with Gasteiger partial charge in [-0.2, -0.15) is 5.10 Å². The molecule has 0 bridgehead atoms. The zero-order valence-corrected chi connectivity index (χ0v) is 13.7. The average molecular weight is 285 g/mol. The second kappa shape index (κ2) is 7.30. The van der Waals surface area contributed by atoms with Gasteiger partial charge in [-0.3, -0.25) is 4.68 Å². The van der Waals surface area contributed by atoms with Crippen LogP contribution in [0.5, 0.6) is 0 Å². The van der Waals surface area contributed by atoms with E-state index in [9.17, 15) is 0 Å². The second-order valence-corrected chi connectivity index (χ2v) is 5.73. The first-order valence-electron chi connectivity index (χ1n) is 8.02. The predicted octanol–water partition coefficient (Wildman–Crippen LogP) is 4.50. The van der Waals surface area contributed by atoms with Crippen molar-refractivity contribution in [3.05, 3.63) is 47.3 Å². The third kappa shape index (κ3) is 4.10. The molecule has 0 amide bonds. The van der Waals surface area contributed by atoms with Crippen LogP contribution in [-0.4, -0.2) is 9.78 Å². The summed E-state index contributed by atoms with van der Waals surface area (Å²) >= 11 is 0. The van der Waals surface area contributed by atoms with E-state index in [1.54, 1.807) is 0 Å². The summed E-state index contributed by atoms with van der Waals surface area (Å²) in [5.74, 6) is 0. The van der Waals surface area contributed by atoms with Crippen LogP contribution in [0.4, 0.5) is 5.69 Å². The van der Waals surface area contributed by atoms with Gasteiger partial charge in [0.1, 0.15) is 0 Å². The van der Waals surface area contributed by atoms with Crippen molar-refractivity contribution in [2.24, 2.45) is 7.05 Å². The zero-order chi connectivity index (χ0) is 15.2. The van der Waals surface area contributed by atoms with Crippen LogP contribution in [-0.2, 0) is 19.9 Å². The maximum absolute atomic E-state index is 4.48. The van der Waals surface area contributed by atoms with Crippen molar-refractivity contribution in [2.45, 2.75) is 52.5 Å². The molecule has 1 aromatic heterocycles. The van der Waals surface area contributed by atoms with E-state index in [4.69, 9.17) is 0 Å². The highest BCUT2D eigenvalue weighted by Gasteiger charge is 2.10. The van der Waals surface area contributed by atoms with Crippen LogP contribution < -0.4 is 5.32 Å². The lowest BCUT2D eigenvalue weighted by molar-refractivity contribution is 0.746. The van der Waals surface area contributed by atoms with E-state index in [-0.39, 0.29) is 0 Å². The number of hydrogen-bond acceptors (Lipinski definition) is 2. The van der Waals surface area contributed by atoms with E-state index in [1.807, 2.05) is 11.7 Å². The lowest BCUT2D eigenvalue weighted by atomic mass is 10.0. The van der Waals surface area contributed by atoms with E-state index in [2.05, 4.69) is 61.6 Å². The van der Waals surface area contributed by atoms with Gasteiger partial charge >= 0.3 is 0 Å². The smallest absolute Gasteiger partial charge is 0.0853 e. The molecule has 0 radical (unpaired) electrons. The Morgan fingerprint density at radius 1 is 1.19 bits per heavy atom. The summed E-state index contributed by atoms with van der Waals surface area (Å²) in [5, 5.41) is 8.06. The molecule has 3 heteroatoms. The molecule has 0 aliphatic carbocycles. The number of aryl methyl sites for hydroxylation is 3. The molecule has 2 aromatic rings. The van der Waals surface area contributed by atoms with Gasteiger partial charge < -0.3 is 5.32 Å². The molecule has 1 unspecified atom stereocenters. The van der Waals surface area contributed by atoms with Crippen molar-refractivity contribution in [3.63, 3.8) is 0 Å². The summed E-state index contributed by atoms with van der Waals surface area (Å²) in [6, 6.07) is 9.29. The molecular formula is C18H27N3. The quantitative estimate of drug-likeness (QED) is 0.812. The second-order valence-electron chi connectivity index (χ2n) is 5.73. The number of rotatable bonds is 7. The van der Waals surface area contributed by atoms with Gasteiger partial charge in [-0.05, 0) is 37.3 Å². The van der Waals surface area contributed by atoms with Crippen LogP contribution in [0, 0.1) is 0 Å². The Labute approximate surface area is 128 Å². The van der Waals surface area contributed by atoms with E-state index < -0.39 is 0 Å². The van der Waals surface area contributed by atoms with Gasteiger partial charge in [0.15, 0.2) is 0 Å². The lowest BCUT2D eigenvalue weighted by Crippen LogP contribution is -2.07. The number of nitrogens with one attached hydrogen (secondary N) is 1. The summed E-state index contributed by atoms with van der Waals surface area (Å²) in [4.78, 5) is 0. The normalized spacial score (nSPS) is 12.4. The monoisotopic (exact) mass is 285 g/mol. The first-order chi connectivity index (χ1) is 10.1. The van der Waals surface area contributed by atoms with Crippen LogP contribution in [0.15, 0.2) is 30.5 Å². The molecule has 0 saturated carbocycles. The van der Waals surface area contributed by atoms with Gasteiger partial charge in [-0.25, -0.2) is 0 Å². The van der Waals surface area contributed by atoms with Crippen LogP contribution in [0.2, 0.25) is 0 Å². The molecule has 1 aromatic carbocycles. The standard InChI is InChI=1S/C18H27N3/c1-5-7-8-15-9-11-16(12-10-15)14(3)19-18-13-21(4)20-17(18)6-2/h9-14,19H,5-8H2,1-4H3. The fraction of sp³-hybridized carbons (Fsp3) is 0.500. The van der Waals surface area contributed by atoms with E-state index in [0.29, 0.717) is 6.04 Å². The minimum atomic E-state index is 0.291. The van der Waals surface area contributed by atoms with Crippen molar-refractivity contribution in [1.29, 1.82) is 0 Å². The highest BCUT2D eigenvalue weighted by Crippen LogP contribution is 2.22. The molecule has 21 heavy (non-hydrogen) atoms. The summed E-state index contributed by atoms with van der Waals surface area (Å²) in [6.07, 6.45) is 6.71. The van der Waals surface area contributed by atoms with Gasteiger partial charge in [0.25, 0.3) is 0 Å². The van der Waals surface area contributed by atoms with Gasteiger partial charge in [-0.1, -0.05) is 44.5 Å². The van der Waals surface area contributed by atoms with Crippen LogP contribution >= 0.6 is 0 Å². The topological polar surface area (TPSA) is 29.9 Å². The maximum Gasteiger partial charge on any atom is 0.0853 e. The first kappa shape index (κ1) is 15.6. The van der Waals surface area contributed by atoms with Gasteiger partial charge in [0, 0.05) is 19.3 Å². The van der Waals surface area contributed by atoms with Crippen molar-refractivity contribution in [1.82, 2.24) is 9.78 Å². The molecule has 3 nitrogen and oxygen atoms in total. The molecule has 1 heterocycles. The minimum absolute atomic E-state index is 0.291. The van der Waals surface area contributed by atoms with Crippen LogP contribution in [0.1, 0.15) is 56.5 Å². The number of nitrogens with zero attached hydrogens (tertiary/aromatic N) is 2. The fourth-order valence-electron chi connectivity index (χ4n) is 2.59. The number of hydrogen-bond donors (Lipinski definition) is 1. The highest BCUT2D eigenvalue weighted by atomic mass is 15.3. The number of unbranched alkanes of at least 4 members (excludes halogenated alkanes) is 1.